The predicted molar refractivity (Wildman–Crippen MR) is 42.3 cm³/mol. The van der Waals surface area contributed by atoms with Crippen LogP contribution in [0.5, 0.6) is 0 Å². The molecule has 0 aromatic rings. The summed E-state index contributed by atoms with van der Waals surface area (Å²) in [5, 5.41) is 2.41. The highest BCUT2D eigenvalue weighted by Crippen LogP contribution is 1.85. The predicted octanol–water partition coefficient (Wildman–Crippen LogP) is 1.38. The SMILES string of the molecule is C=C(/C=C\C=C/C)NC=O. The van der Waals surface area contributed by atoms with E-state index in [-0.39, 0.29) is 0 Å². The summed E-state index contributed by atoms with van der Waals surface area (Å²) < 4.78 is 0. The molecule has 0 rings (SSSR count). The van der Waals surface area contributed by atoms with Crippen LogP contribution in [0.2, 0.25) is 0 Å². The first-order chi connectivity index (χ1) is 4.81. The standard InChI is InChI=1S/C8H11NO/c1-3-4-5-6-8(2)9-7-10/h3-7H,2H2,1H3,(H,9,10)/b4-3-,6-5-. The average Bonchev–Trinajstić information content (AvgIpc) is 1.89. The van der Waals surface area contributed by atoms with Gasteiger partial charge in [0.2, 0.25) is 6.41 Å². The Hall–Kier alpha value is -1.31. The van der Waals surface area contributed by atoms with Gasteiger partial charge in [0, 0.05) is 5.70 Å². The average molecular weight is 137 g/mol. The highest BCUT2D eigenvalue weighted by atomic mass is 16.1. The van der Waals surface area contributed by atoms with Gasteiger partial charge in [-0.15, -0.1) is 0 Å². The second kappa shape index (κ2) is 5.82. The van der Waals surface area contributed by atoms with E-state index < -0.39 is 0 Å². The van der Waals surface area contributed by atoms with Crippen molar-refractivity contribution in [3.63, 3.8) is 0 Å². The van der Waals surface area contributed by atoms with Gasteiger partial charge in [-0.1, -0.05) is 24.8 Å². The summed E-state index contributed by atoms with van der Waals surface area (Å²) in [6, 6.07) is 0. The summed E-state index contributed by atoms with van der Waals surface area (Å²) >= 11 is 0. The highest BCUT2D eigenvalue weighted by molar-refractivity contribution is 5.51. The van der Waals surface area contributed by atoms with E-state index in [0.29, 0.717) is 12.1 Å². The summed E-state index contributed by atoms with van der Waals surface area (Å²) in [6.45, 7) is 5.47. The van der Waals surface area contributed by atoms with E-state index in [0.717, 1.165) is 0 Å². The summed E-state index contributed by atoms with van der Waals surface area (Å²) in [7, 11) is 0. The van der Waals surface area contributed by atoms with Crippen LogP contribution in [0, 0.1) is 0 Å². The van der Waals surface area contributed by atoms with Crippen LogP contribution in [0.15, 0.2) is 36.6 Å². The largest absolute Gasteiger partial charge is 0.329 e. The Morgan fingerprint density at radius 2 is 2.20 bits per heavy atom. The first-order valence-electron chi connectivity index (χ1n) is 2.99. The molecule has 0 atom stereocenters. The highest BCUT2D eigenvalue weighted by Gasteiger charge is 1.78. The molecule has 0 aliphatic carbocycles. The molecule has 0 bridgehead atoms. The van der Waals surface area contributed by atoms with Crippen molar-refractivity contribution in [1.29, 1.82) is 0 Å². The third-order valence-corrected chi connectivity index (χ3v) is 0.845. The molecular weight excluding hydrogens is 126 g/mol. The smallest absolute Gasteiger partial charge is 0.211 e. The fourth-order valence-electron chi connectivity index (χ4n) is 0.407. The maximum Gasteiger partial charge on any atom is 0.211 e. The quantitative estimate of drug-likeness (QED) is 0.460. The van der Waals surface area contributed by atoms with Gasteiger partial charge < -0.3 is 5.32 Å². The van der Waals surface area contributed by atoms with Gasteiger partial charge in [0.05, 0.1) is 0 Å². The van der Waals surface area contributed by atoms with E-state index >= 15 is 0 Å². The Morgan fingerprint density at radius 1 is 1.50 bits per heavy atom. The number of allylic oxidation sites excluding steroid dienone is 4. The van der Waals surface area contributed by atoms with E-state index in [2.05, 4.69) is 11.9 Å². The van der Waals surface area contributed by atoms with Gasteiger partial charge in [-0.3, -0.25) is 4.79 Å². The van der Waals surface area contributed by atoms with Gasteiger partial charge >= 0.3 is 0 Å². The normalized spacial score (nSPS) is 10.5. The van der Waals surface area contributed by atoms with E-state index in [4.69, 9.17) is 0 Å². The maximum atomic E-state index is 9.82. The second-order valence-corrected chi connectivity index (χ2v) is 1.67. The van der Waals surface area contributed by atoms with Gasteiger partial charge in [-0.2, -0.15) is 0 Å². The third kappa shape index (κ3) is 4.84. The van der Waals surface area contributed by atoms with E-state index in [1.165, 1.54) is 0 Å². The number of carbonyl (C=O) groups is 1. The summed E-state index contributed by atoms with van der Waals surface area (Å²) in [4.78, 5) is 9.82. The molecule has 0 saturated carbocycles. The number of rotatable bonds is 4. The number of hydrogen-bond donors (Lipinski definition) is 1. The Bertz CT molecular complexity index is 168. The monoisotopic (exact) mass is 137 g/mol. The van der Waals surface area contributed by atoms with Crippen molar-refractivity contribution in [2.45, 2.75) is 6.92 Å². The topological polar surface area (TPSA) is 29.1 Å². The van der Waals surface area contributed by atoms with Crippen LogP contribution in [0.3, 0.4) is 0 Å². The third-order valence-electron chi connectivity index (χ3n) is 0.845. The van der Waals surface area contributed by atoms with Crippen molar-refractivity contribution >= 4 is 6.41 Å². The van der Waals surface area contributed by atoms with Crippen LogP contribution in [0.25, 0.3) is 0 Å². The van der Waals surface area contributed by atoms with E-state index in [9.17, 15) is 4.79 Å². The zero-order valence-electron chi connectivity index (χ0n) is 6.00. The number of nitrogens with one attached hydrogen (secondary N) is 1. The van der Waals surface area contributed by atoms with Gasteiger partial charge in [0.25, 0.3) is 0 Å². The fraction of sp³-hybridized carbons (Fsp3) is 0.125. The molecule has 0 saturated heterocycles. The summed E-state index contributed by atoms with van der Waals surface area (Å²) in [6.07, 6.45) is 7.87. The van der Waals surface area contributed by atoms with Crippen molar-refractivity contribution in [2.75, 3.05) is 0 Å². The Kier molecular flexibility index (Phi) is 5.06. The number of carbonyl (C=O) groups excluding carboxylic acids is 1. The first kappa shape index (κ1) is 8.69. The summed E-state index contributed by atoms with van der Waals surface area (Å²) in [5.41, 5.74) is 0.591. The molecule has 0 fully saturated rings. The first-order valence-corrected chi connectivity index (χ1v) is 2.99. The van der Waals surface area contributed by atoms with Crippen molar-refractivity contribution in [1.82, 2.24) is 5.32 Å². The van der Waals surface area contributed by atoms with Crippen LogP contribution < -0.4 is 5.32 Å². The van der Waals surface area contributed by atoms with Crippen LogP contribution in [0.1, 0.15) is 6.92 Å². The van der Waals surface area contributed by atoms with E-state index in [1.807, 2.05) is 19.1 Å². The molecule has 0 radical (unpaired) electrons. The van der Waals surface area contributed by atoms with Gasteiger partial charge in [-0.05, 0) is 13.0 Å². The lowest BCUT2D eigenvalue weighted by molar-refractivity contribution is -0.108. The Labute approximate surface area is 60.9 Å². The minimum Gasteiger partial charge on any atom is -0.329 e. The molecule has 1 N–H and O–H groups in total. The fourth-order valence-corrected chi connectivity index (χ4v) is 0.407. The van der Waals surface area contributed by atoms with Gasteiger partial charge in [0.1, 0.15) is 0 Å². The van der Waals surface area contributed by atoms with Crippen LogP contribution in [0.4, 0.5) is 0 Å². The van der Waals surface area contributed by atoms with Crippen LogP contribution >= 0.6 is 0 Å². The zero-order chi connectivity index (χ0) is 7.82. The molecule has 1 amide bonds. The van der Waals surface area contributed by atoms with Crippen molar-refractivity contribution < 1.29 is 4.79 Å². The molecule has 0 aromatic carbocycles. The van der Waals surface area contributed by atoms with Gasteiger partial charge in [0.15, 0.2) is 0 Å². The maximum absolute atomic E-state index is 9.82. The zero-order valence-corrected chi connectivity index (χ0v) is 6.00. The minimum absolute atomic E-state index is 0.591. The number of hydrogen-bond acceptors (Lipinski definition) is 1. The molecular formula is C8H11NO. The molecule has 0 aliphatic heterocycles. The molecule has 2 nitrogen and oxygen atoms in total. The minimum atomic E-state index is 0.591. The van der Waals surface area contributed by atoms with Crippen molar-refractivity contribution in [3.8, 4) is 0 Å². The lowest BCUT2D eigenvalue weighted by Crippen LogP contribution is -2.05. The summed E-state index contributed by atoms with van der Waals surface area (Å²) in [5.74, 6) is 0. The molecule has 0 spiro atoms. The lowest BCUT2D eigenvalue weighted by Gasteiger charge is -1.91. The molecule has 2 heteroatoms. The van der Waals surface area contributed by atoms with Gasteiger partial charge in [-0.25, -0.2) is 0 Å². The Morgan fingerprint density at radius 3 is 2.70 bits per heavy atom. The molecule has 0 unspecified atom stereocenters. The van der Waals surface area contributed by atoms with Crippen LogP contribution in [-0.4, -0.2) is 6.41 Å². The van der Waals surface area contributed by atoms with E-state index in [1.54, 1.807) is 12.2 Å². The molecule has 10 heavy (non-hydrogen) atoms. The van der Waals surface area contributed by atoms with Crippen molar-refractivity contribution in [3.05, 3.63) is 36.6 Å². The molecule has 0 heterocycles. The second-order valence-electron chi connectivity index (χ2n) is 1.67. The number of amides is 1. The molecule has 54 valence electrons. The van der Waals surface area contributed by atoms with Crippen LogP contribution in [-0.2, 0) is 4.79 Å². The molecule has 0 aliphatic rings. The molecule has 0 aromatic heterocycles. The van der Waals surface area contributed by atoms with Crippen molar-refractivity contribution in [2.24, 2.45) is 0 Å². The lowest BCUT2D eigenvalue weighted by atomic mass is 10.4. The Balaban J connectivity index is 3.66.